The van der Waals surface area contributed by atoms with Gasteiger partial charge in [-0.3, -0.25) is 0 Å². The molecule has 0 aliphatic carbocycles. The minimum Gasteiger partial charge on any atom is -0.412 e. The summed E-state index contributed by atoms with van der Waals surface area (Å²) in [6.45, 7) is 15.4. The molecule has 1 rings (SSSR count). The molecule has 0 saturated carbocycles. The van der Waals surface area contributed by atoms with Crippen molar-refractivity contribution in [3.05, 3.63) is 72.9 Å². The van der Waals surface area contributed by atoms with E-state index in [0.29, 0.717) is 0 Å². The molecule has 2 nitrogen and oxygen atoms in total. The van der Waals surface area contributed by atoms with Gasteiger partial charge >= 0.3 is 0 Å². The van der Waals surface area contributed by atoms with Crippen molar-refractivity contribution in [2.75, 3.05) is 7.11 Å². The fourth-order valence-electron chi connectivity index (χ4n) is 1.18. The predicted molar refractivity (Wildman–Crippen MR) is 93.1 cm³/mol. The minimum atomic E-state index is 0. The molecular formula is C18H32O2. The Balaban J connectivity index is -0.000000162. The third kappa shape index (κ3) is 16.4. The van der Waals surface area contributed by atoms with Gasteiger partial charge in [0.25, 0.3) is 0 Å². The standard InChI is InChI=1S/C13H14.2C2H6.CH4O.H2O/c1-3-8-12(4-2)11-13-9-6-5-7-10-13;3*1-2;/h3-10H,1-2,11H2;2*1-2H3;2H,1H3;1H2/b12-8+;;;;. The Hall–Kier alpha value is -1.64. The van der Waals surface area contributed by atoms with Crippen LogP contribution in [0.25, 0.3) is 0 Å². The van der Waals surface area contributed by atoms with Crippen molar-refractivity contribution in [1.29, 1.82) is 0 Å². The number of aliphatic hydroxyl groups is 1. The Morgan fingerprint density at radius 2 is 1.45 bits per heavy atom. The first-order chi connectivity index (χ1) is 9.36. The van der Waals surface area contributed by atoms with Crippen LogP contribution in [0.2, 0.25) is 0 Å². The van der Waals surface area contributed by atoms with Gasteiger partial charge in [-0.15, -0.1) is 0 Å². The molecule has 0 atom stereocenters. The van der Waals surface area contributed by atoms with Crippen molar-refractivity contribution >= 4 is 0 Å². The maximum absolute atomic E-state index is 7.00. The number of hydrogen-bond acceptors (Lipinski definition) is 1. The highest BCUT2D eigenvalue weighted by Gasteiger charge is 1.92. The van der Waals surface area contributed by atoms with Gasteiger partial charge in [-0.2, -0.15) is 0 Å². The van der Waals surface area contributed by atoms with E-state index >= 15 is 0 Å². The van der Waals surface area contributed by atoms with Crippen LogP contribution in [0, 0.1) is 0 Å². The number of rotatable bonds is 4. The van der Waals surface area contributed by atoms with E-state index in [-0.39, 0.29) is 5.48 Å². The lowest BCUT2D eigenvalue weighted by Gasteiger charge is -2.00. The molecule has 3 N–H and O–H groups in total. The zero-order chi connectivity index (χ0) is 15.5. The van der Waals surface area contributed by atoms with Crippen molar-refractivity contribution in [3.63, 3.8) is 0 Å². The summed E-state index contributed by atoms with van der Waals surface area (Å²) < 4.78 is 0. The summed E-state index contributed by atoms with van der Waals surface area (Å²) in [5.41, 5.74) is 2.50. The number of benzene rings is 1. The number of hydrogen-bond donors (Lipinski definition) is 1. The second-order valence-corrected chi connectivity index (χ2v) is 2.84. The van der Waals surface area contributed by atoms with Crippen LogP contribution in [0.1, 0.15) is 33.3 Å². The van der Waals surface area contributed by atoms with Gasteiger partial charge in [-0.1, -0.05) is 89.4 Å². The molecule has 2 heteroatoms. The number of aliphatic hydroxyl groups excluding tert-OH is 1. The second-order valence-electron chi connectivity index (χ2n) is 2.84. The molecule has 0 spiro atoms. The highest BCUT2D eigenvalue weighted by Crippen LogP contribution is 2.08. The first-order valence-corrected chi connectivity index (χ1v) is 6.79. The molecule has 0 aliphatic rings. The smallest absolute Gasteiger partial charge is 0.0319 e. The van der Waals surface area contributed by atoms with Crippen LogP contribution in [-0.4, -0.2) is 17.7 Å². The van der Waals surface area contributed by atoms with Crippen LogP contribution in [0.4, 0.5) is 0 Å². The molecular weight excluding hydrogens is 248 g/mol. The lowest BCUT2D eigenvalue weighted by atomic mass is 10.1. The van der Waals surface area contributed by atoms with Crippen LogP contribution in [0.3, 0.4) is 0 Å². The lowest BCUT2D eigenvalue weighted by Crippen LogP contribution is -1.86. The van der Waals surface area contributed by atoms with Gasteiger partial charge in [0.05, 0.1) is 0 Å². The molecule has 0 bridgehead atoms. The van der Waals surface area contributed by atoms with Gasteiger partial charge in [-0.05, 0) is 17.6 Å². The quantitative estimate of drug-likeness (QED) is 0.818. The number of allylic oxidation sites excluding steroid dienone is 4. The van der Waals surface area contributed by atoms with E-state index in [4.69, 9.17) is 5.11 Å². The van der Waals surface area contributed by atoms with Crippen molar-refractivity contribution in [3.8, 4) is 0 Å². The SMILES string of the molecule is C=C/C=C(\C=C)Cc1ccccc1.CC.CC.CO.O. The molecule has 0 amide bonds. The topological polar surface area (TPSA) is 51.7 Å². The molecule has 0 saturated heterocycles. The van der Waals surface area contributed by atoms with Gasteiger partial charge in [0.15, 0.2) is 0 Å². The normalized spacial score (nSPS) is 8.00. The van der Waals surface area contributed by atoms with E-state index in [1.165, 1.54) is 11.1 Å². The highest BCUT2D eigenvalue weighted by molar-refractivity contribution is 5.29. The first kappa shape index (κ1) is 26.8. The molecule has 0 radical (unpaired) electrons. The maximum atomic E-state index is 7.00. The molecule has 0 aromatic heterocycles. The molecule has 0 heterocycles. The Morgan fingerprint density at radius 3 is 1.80 bits per heavy atom. The highest BCUT2D eigenvalue weighted by atomic mass is 16.2. The van der Waals surface area contributed by atoms with Crippen molar-refractivity contribution < 1.29 is 10.6 Å². The van der Waals surface area contributed by atoms with Gasteiger partial charge in [0.2, 0.25) is 0 Å². The van der Waals surface area contributed by atoms with E-state index in [1.54, 1.807) is 6.08 Å². The fourth-order valence-corrected chi connectivity index (χ4v) is 1.18. The molecule has 1 aromatic rings. The Labute approximate surface area is 125 Å². The van der Waals surface area contributed by atoms with Crippen LogP contribution in [0.5, 0.6) is 0 Å². The van der Waals surface area contributed by atoms with Crippen molar-refractivity contribution in [2.45, 2.75) is 34.1 Å². The van der Waals surface area contributed by atoms with Crippen LogP contribution >= 0.6 is 0 Å². The Kier molecular flexibility index (Phi) is 34.9. The zero-order valence-corrected chi connectivity index (χ0v) is 13.7. The summed E-state index contributed by atoms with van der Waals surface area (Å²) in [6, 6.07) is 10.3. The summed E-state index contributed by atoms with van der Waals surface area (Å²) in [5, 5.41) is 7.00. The Bertz CT molecular complexity index is 313. The summed E-state index contributed by atoms with van der Waals surface area (Å²) >= 11 is 0. The third-order valence-electron chi connectivity index (χ3n) is 1.85. The van der Waals surface area contributed by atoms with E-state index in [1.807, 2.05) is 58.0 Å². The maximum Gasteiger partial charge on any atom is 0.0319 e. The van der Waals surface area contributed by atoms with Crippen LogP contribution in [-0.2, 0) is 6.42 Å². The largest absolute Gasteiger partial charge is 0.412 e. The summed E-state index contributed by atoms with van der Waals surface area (Å²) in [4.78, 5) is 0. The summed E-state index contributed by atoms with van der Waals surface area (Å²) in [5.74, 6) is 0. The minimum absolute atomic E-state index is 0. The summed E-state index contributed by atoms with van der Waals surface area (Å²) in [7, 11) is 1.00. The Morgan fingerprint density at radius 1 is 1.00 bits per heavy atom. The average molecular weight is 280 g/mol. The van der Waals surface area contributed by atoms with E-state index < -0.39 is 0 Å². The molecule has 0 fully saturated rings. The van der Waals surface area contributed by atoms with Gasteiger partial charge in [0.1, 0.15) is 0 Å². The lowest BCUT2D eigenvalue weighted by molar-refractivity contribution is 0.399. The van der Waals surface area contributed by atoms with Gasteiger partial charge in [-0.25, -0.2) is 0 Å². The van der Waals surface area contributed by atoms with Gasteiger partial charge < -0.3 is 10.6 Å². The van der Waals surface area contributed by atoms with Gasteiger partial charge in [0, 0.05) is 7.11 Å². The van der Waals surface area contributed by atoms with E-state index in [0.717, 1.165) is 13.5 Å². The van der Waals surface area contributed by atoms with E-state index in [9.17, 15) is 0 Å². The predicted octanol–water partition coefficient (Wildman–Crippen LogP) is 4.36. The third-order valence-corrected chi connectivity index (χ3v) is 1.85. The fraction of sp³-hybridized carbons (Fsp3) is 0.333. The molecule has 1 aromatic carbocycles. The first-order valence-electron chi connectivity index (χ1n) is 6.79. The monoisotopic (exact) mass is 280 g/mol. The van der Waals surface area contributed by atoms with Crippen molar-refractivity contribution in [1.82, 2.24) is 0 Å². The van der Waals surface area contributed by atoms with Crippen LogP contribution in [0.15, 0.2) is 67.3 Å². The average Bonchev–Trinajstić information content (AvgIpc) is 2.54. The molecule has 20 heavy (non-hydrogen) atoms. The molecule has 116 valence electrons. The molecule has 0 aliphatic heterocycles. The molecule has 0 unspecified atom stereocenters. The van der Waals surface area contributed by atoms with Crippen molar-refractivity contribution in [2.24, 2.45) is 0 Å². The van der Waals surface area contributed by atoms with E-state index in [2.05, 4.69) is 25.3 Å². The second kappa shape index (κ2) is 26.0. The zero-order valence-electron chi connectivity index (χ0n) is 13.7. The summed E-state index contributed by atoms with van der Waals surface area (Å²) in [6.07, 6.45) is 6.57. The van der Waals surface area contributed by atoms with Crippen LogP contribution < -0.4 is 0 Å².